The van der Waals surface area contributed by atoms with E-state index in [9.17, 15) is 0 Å². The maximum atomic E-state index is 8.74. The molecule has 2 aliphatic carbocycles. The van der Waals surface area contributed by atoms with Crippen molar-refractivity contribution in [3.63, 3.8) is 0 Å². The van der Waals surface area contributed by atoms with Crippen LogP contribution >= 0.6 is 0 Å². The van der Waals surface area contributed by atoms with Crippen molar-refractivity contribution in [2.24, 2.45) is 11.1 Å². The number of hydrogen-bond donors (Lipinski definition) is 1. The molecule has 0 spiro atoms. The summed E-state index contributed by atoms with van der Waals surface area (Å²) in [6.45, 7) is 4.66. The first kappa shape index (κ1) is 14.6. The Kier molecular flexibility index (Phi) is 4.59. The van der Waals surface area contributed by atoms with Crippen LogP contribution in [0.15, 0.2) is 23.4 Å². The highest BCUT2D eigenvalue weighted by Crippen LogP contribution is 2.37. The first-order valence-corrected chi connectivity index (χ1v) is 8.36. The van der Waals surface area contributed by atoms with Crippen LogP contribution in [0.1, 0.15) is 61.8 Å². The maximum Gasteiger partial charge on any atom is 0.0733 e. The van der Waals surface area contributed by atoms with E-state index in [0.29, 0.717) is 6.04 Å². The number of benzene rings is 1. The molecule has 3 nitrogen and oxygen atoms in total. The lowest BCUT2D eigenvalue weighted by Gasteiger charge is -2.31. The minimum atomic E-state index is 0.553. The average Bonchev–Trinajstić information content (AvgIpc) is 3.14. The zero-order chi connectivity index (χ0) is 14.7. The Morgan fingerprint density at radius 1 is 1.29 bits per heavy atom. The number of aryl methyl sites for hydroxylation is 1. The van der Waals surface area contributed by atoms with Gasteiger partial charge in [-0.2, -0.15) is 0 Å². The molecule has 1 unspecified atom stereocenters. The van der Waals surface area contributed by atoms with Crippen LogP contribution < -0.4 is 0 Å². The van der Waals surface area contributed by atoms with Crippen LogP contribution in [0.25, 0.3) is 0 Å². The predicted molar refractivity (Wildman–Crippen MR) is 86.1 cm³/mol. The molecule has 0 amide bonds. The molecule has 1 aromatic carbocycles. The van der Waals surface area contributed by atoms with Crippen molar-refractivity contribution in [1.29, 1.82) is 0 Å². The Morgan fingerprint density at radius 2 is 2.10 bits per heavy atom. The van der Waals surface area contributed by atoms with Gasteiger partial charge in [0.15, 0.2) is 0 Å². The Bertz CT molecular complexity index is 506. The van der Waals surface area contributed by atoms with E-state index in [1.807, 2.05) is 6.07 Å². The Balaban J connectivity index is 1.78. The summed E-state index contributed by atoms with van der Waals surface area (Å²) in [4.78, 5) is 2.67. The van der Waals surface area contributed by atoms with Gasteiger partial charge in [0.1, 0.15) is 0 Å². The smallest absolute Gasteiger partial charge is 0.0733 e. The quantitative estimate of drug-likeness (QED) is 0.504. The van der Waals surface area contributed by atoms with Crippen LogP contribution in [0.3, 0.4) is 0 Å². The van der Waals surface area contributed by atoms with Crippen molar-refractivity contribution in [2.75, 3.05) is 13.1 Å². The summed E-state index contributed by atoms with van der Waals surface area (Å²) < 4.78 is 0. The maximum absolute atomic E-state index is 8.74. The molecule has 0 saturated heterocycles. The third-order valence-corrected chi connectivity index (χ3v) is 5.24. The van der Waals surface area contributed by atoms with Crippen molar-refractivity contribution in [3.8, 4) is 0 Å². The summed E-state index contributed by atoms with van der Waals surface area (Å²) in [5.41, 5.74) is 3.92. The van der Waals surface area contributed by atoms with Crippen LogP contribution in [-0.4, -0.2) is 29.4 Å². The van der Waals surface area contributed by atoms with Gasteiger partial charge < -0.3 is 5.21 Å². The lowest BCUT2D eigenvalue weighted by molar-refractivity contribution is 0.175. The van der Waals surface area contributed by atoms with Crippen LogP contribution in [0.2, 0.25) is 0 Å². The van der Waals surface area contributed by atoms with Crippen LogP contribution in [0.4, 0.5) is 0 Å². The van der Waals surface area contributed by atoms with Crippen molar-refractivity contribution in [1.82, 2.24) is 4.90 Å². The normalized spacial score (nSPS) is 22.5. The standard InChI is InChI=1S/C18H26N2O/c1-2-20(13-14-5-3-4-6-14)18-10-9-16-8-7-15(12-19-21)11-17(16)18/h7-8,11-12,14,18,21H,2-6,9-10,13H2,1H3/b19-12+. The molecule has 1 saturated carbocycles. The van der Waals surface area contributed by atoms with Crippen LogP contribution in [0.5, 0.6) is 0 Å². The van der Waals surface area contributed by atoms with Gasteiger partial charge in [-0.1, -0.05) is 37.1 Å². The van der Waals surface area contributed by atoms with E-state index in [2.05, 4.69) is 29.1 Å². The van der Waals surface area contributed by atoms with Crippen molar-refractivity contribution in [3.05, 3.63) is 34.9 Å². The first-order chi connectivity index (χ1) is 10.3. The lowest BCUT2D eigenvalue weighted by Crippen LogP contribution is -2.31. The summed E-state index contributed by atoms with van der Waals surface area (Å²) in [5.74, 6) is 0.899. The van der Waals surface area contributed by atoms with Crippen molar-refractivity contribution in [2.45, 2.75) is 51.5 Å². The van der Waals surface area contributed by atoms with Gasteiger partial charge in [0.2, 0.25) is 0 Å². The molecule has 0 radical (unpaired) electrons. The van der Waals surface area contributed by atoms with Gasteiger partial charge in [-0.15, -0.1) is 0 Å². The predicted octanol–water partition coefficient (Wildman–Crippen LogP) is 3.99. The number of fused-ring (bicyclic) bond motifs is 1. The minimum Gasteiger partial charge on any atom is -0.411 e. The molecule has 0 bridgehead atoms. The van der Waals surface area contributed by atoms with E-state index < -0.39 is 0 Å². The van der Waals surface area contributed by atoms with Gasteiger partial charge in [-0.05, 0) is 60.9 Å². The molecule has 114 valence electrons. The highest BCUT2D eigenvalue weighted by Gasteiger charge is 2.29. The highest BCUT2D eigenvalue weighted by molar-refractivity contribution is 5.79. The van der Waals surface area contributed by atoms with E-state index in [-0.39, 0.29) is 0 Å². The summed E-state index contributed by atoms with van der Waals surface area (Å²) in [6.07, 6.45) is 9.60. The van der Waals surface area contributed by atoms with E-state index in [1.54, 1.807) is 0 Å². The minimum absolute atomic E-state index is 0.553. The molecule has 3 heteroatoms. The second kappa shape index (κ2) is 6.61. The number of oxime groups is 1. The number of nitrogens with zero attached hydrogens (tertiary/aromatic N) is 2. The van der Waals surface area contributed by atoms with Gasteiger partial charge in [0, 0.05) is 12.6 Å². The summed E-state index contributed by atoms with van der Waals surface area (Å²) in [6, 6.07) is 7.02. The molecule has 1 N–H and O–H groups in total. The van der Waals surface area contributed by atoms with Gasteiger partial charge >= 0.3 is 0 Å². The summed E-state index contributed by atoms with van der Waals surface area (Å²) >= 11 is 0. The largest absolute Gasteiger partial charge is 0.411 e. The zero-order valence-corrected chi connectivity index (χ0v) is 13.0. The first-order valence-electron chi connectivity index (χ1n) is 8.36. The van der Waals surface area contributed by atoms with E-state index in [0.717, 1.165) is 18.0 Å². The second-order valence-electron chi connectivity index (χ2n) is 6.50. The van der Waals surface area contributed by atoms with Crippen LogP contribution in [-0.2, 0) is 6.42 Å². The molecular formula is C18H26N2O. The van der Waals surface area contributed by atoms with E-state index >= 15 is 0 Å². The van der Waals surface area contributed by atoms with Gasteiger partial charge in [0.05, 0.1) is 6.21 Å². The SMILES string of the molecule is CCN(CC1CCCC1)C1CCc2ccc(/C=N/O)cc21. The molecule has 0 aromatic heterocycles. The summed E-state index contributed by atoms with van der Waals surface area (Å²) in [7, 11) is 0. The Labute approximate surface area is 127 Å². The number of rotatable bonds is 5. The third-order valence-electron chi connectivity index (χ3n) is 5.24. The molecule has 3 rings (SSSR count). The molecule has 0 aliphatic heterocycles. The topological polar surface area (TPSA) is 35.8 Å². The Hall–Kier alpha value is -1.35. The van der Waals surface area contributed by atoms with Gasteiger partial charge in [-0.25, -0.2) is 0 Å². The fraction of sp³-hybridized carbons (Fsp3) is 0.611. The average molecular weight is 286 g/mol. The number of hydrogen-bond acceptors (Lipinski definition) is 3. The molecule has 1 fully saturated rings. The highest BCUT2D eigenvalue weighted by atomic mass is 16.4. The fourth-order valence-electron chi connectivity index (χ4n) is 4.13. The molecule has 0 heterocycles. The third kappa shape index (κ3) is 3.13. The monoisotopic (exact) mass is 286 g/mol. The fourth-order valence-corrected chi connectivity index (χ4v) is 4.13. The zero-order valence-electron chi connectivity index (χ0n) is 13.0. The second-order valence-corrected chi connectivity index (χ2v) is 6.50. The van der Waals surface area contributed by atoms with Crippen LogP contribution in [0, 0.1) is 5.92 Å². The molecule has 1 aromatic rings. The van der Waals surface area contributed by atoms with Gasteiger partial charge in [0.25, 0.3) is 0 Å². The lowest BCUT2D eigenvalue weighted by atomic mass is 10.0. The molecule has 21 heavy (non-hydrogen) atoms. The Morgan fingerprint density at radius 3 is 2.81 bits per heavy atom. The van der Waals surface area contributed by atoms with E-state index in [1.165, 1.54) is 62.4 Å². The molecule has 2 aliphatic rings. The van der Waals surface area contributed by atoms with Crippen molar-refractivity contribution < 1.29 is 5.21 Å². The molecular weight excluding hydrogens is 260 g/mol. The summed E-state index contributed by atoms with van der Waals surface area (Å²) in [5, 5.41) is 11.9. The van der Waals surface area contributed by atoms with Crippen molar-refractivity contribution >= 4 is 6.21 Å². The van der Waals surface area contributed by atoms with Gasteiger partial charge in [-0.3, -0.25) is 4.90 Å². The molecule has 1 atom stereocenters. The van der Waals surface area contributed by atoms with E-state index in [4.69, 9.17) is 5.21 Å².